The lowest BCUT2D eigenvalue weighted by Crippen LogP contribution is -2.10. The summed E-state index contributed by atoms with van der Waals surface area (Å²) < 4.78 is 12.0. The van der Waals surface area contributed by atoms with E-state index in [9.17, 15) is 4.79 Å². The van der Waals surface area contributed by atoms with Gasteiger partial charge in [-0.1, -0.05) is 0 Å². The number of rotatable bonds is 4. The lowest BCUT2D eigenvalue weighted by Gasteiger charge is -2.02. The smallest absolute Gasteiger partial charge is 0.363 e. The van der Waals surface area contributed by atoms with Gasteiger partial charge in [-0.3, -0.25) is 4.68 Å². The van der Waals surface area contributed by atoms with Gasteiger partial charge in [-0.2, -0.15) is 5.10 Å². The van der Waals surface area contributed by atoms with Gasteiger partial charge in [0.2, 0.25) is 0 Å². The highest BCUT2D eigenvalue weighted by Crippen LogP contribution is 2.23. The third-order valence-electron chi connectivity index (χ3n) is 2.67. The Morgan fingerprint density at radius 2 is 2.21 bits per heavy atom. The number of nitrogens with zero attached hydrogens (tertiary/aromatic N) is 3. The van der Waals surface area contributed by atoms with Crippen molar-refractivity contribution < 1.29 is 14.3 Å². The Balaban J connectivity index is 2.16. The monoisotopic (exact) mass is 281 g/mol. The molecule has 7 heteroatoms. The first-order valence-corrected chi connectivity index (χ1v) is 6.56. The predicted molar refractivity (Wildman–Crippen MR) is 70.5 cm³/mol. The SMILES string of the molecule is COCc1nc(C(=O)Oc2c(C)nn(C)c2C)cs1. The number of methoxy groups -OCH3 is 1. The maximum atomic E-state index is 12.0. The zero-order valence-electron chi connectivity index (χ0n) is 11.3. The highest BCUT2D eigenvalue weighted by atomic mass is 32.1. The Labute approximate surface area is 115 Å². The van der Waals surface area contributed by atoms with Gasteiger partial charge in [0.05, 0.1) is 12.3 Å². The molecule has 0 saturated carbocycles. The van der Waals surface area contributed by atoms with E-state index in [4.69, 9.17) is 9.47 Å². The number of hydrogen-bond donors (Lipinski definition) is 0. The molecule has 6 nitrogen and oxygen atoms in total. The van der Waals surface area contributed by atoms with Crippen LogP contribution in [0.5, 0.6) is 5.75 Å². The molecular weight excluding hydrogens is 266 g/mol. The van der Waals surface area contributed by atoms with Gasteiger partial charge in [0.15, 0.2) is 11.4 Å². The van der Waals surface area contributed by atoms with E-state index in [0.29, 0.717) is 23.7 Å². The fourth-order valence-electron chi connectivity index (χ4n) is 1.64. The number of carbonyl (C=O) groups is 1. The second-order valence-corrected chi connectivity index (χ2v) is 5.02. The number of hydrogen-bond acceptors (Lipinski definition) is 6. The summed E-state index contributed by atoms with van der Waals surface area (Å²) in [6, 6.07) is 0. The van der Waals surface area contributed by atoms with Crippen LogP contribution in [0.4, 0.5) is 0 Å². The molecule has 0 aliphatic carbocycles. The van der Waals surface area contributed by atoms with Crippen molar-refractivity contribution in [2.45, 2.75) is 20.5 Å². The Morgan fingerprint density at radius 3 is 2.79 bits per heavy atom. The molecule has 2 heterocycles. The molecule has 0 amide bonds. The van der Waals surface area contributed by atoms with Crippen LogP contribution >= 0.6 is 11.3 Å². The maximum Gasteiger partial charge on any atom is 0.363 e. The van der Waals surface area contributed by atoms with Crippen LogP contribution in [0.15, 0.2) is 5.38 Å². The Bertz CT molecular complexity index is 603. The molecule has 0 radical (unpaired) electrons. The number of aromatic nitrogens is 3. The molecule has 19 heavy (non-hydrogen) atoms. The number of aryl methyl sites for hydroxylation is 2. The number of carbonyl (C=O) groups excluding carboxylic acids is 1. The third kappa shape index (κ3) is 2.82. The predicted octanol–water partition coefficient (Wildman–Crippen LogP) is 1.86. The van der Waals surface area contributed by atoms with Gasteiger partial charge in [0.1, 0.15) is 10.7 Å². The lowest BCUT2D eigenvalue weighted by molar-refractivity contribution is 0.0726. The Kier molecular flexibility index (Phi) is 3.96. The second kappa shape index (κ2) is 5.50. The molecule has 0 atom stereocenters. The molecule has 0 N–H and O–H groups in total. The van der Waals surface area contributed by atoms with Crippen molar-refractivity contribution in [2.24, 2.45) is 7.05 Å². The largest absolute Gasteiger partial charge is 0.418 e. The van der Waals surface area contributed by atoms with Crippen molar-refractivity contribution in [1.82, 2.24) is 14.8 Å². The number of esters is 1. The Morgan fingerprint density at radius 1 is 1.47 bits per heavy atom. The van der Waals surface area contributed by atoms with E-state index in [2.05, 4.69) is 10.1 Å². The van der Waals surface area contributed by atoms with Crippen LogP contribution in [0.3, 0.4) is 0 Å². The summed E-state index contributed by atoms with van der Waals surface area (Å²) in [5.41, 5.74) is 1.78. The summed E-state index contributed by atoms with van der Waals surface area (Å²) in [4.78, 5) is 16.1. The molecule has 0 aliphatic rings. The molecule has 2 rings (SSSR count). The van der Waals surface area contributed by atoms with Gasteiger partial charge in [-0.05, 0) is 13.8 Å². The first-order valence-electron chi connectivity index (χ1n) is 5.68. The molecule has 0 bridgehead atoms. The normalized spacial score (nSPS) is 10.7. The number of thiazole rings is 1. The first-order chi connectivity index (χ1) is 9.02. The zero-order valence-corrected chi connectivity index (χ0v) is 12.1. The van der Waals surface area contributed by atoms with Gasteiger partial charge >= 0.3 is 5.97 Å². The fourth-order valence-corrected chi connectivity index (χ4v) is 2.37. The summed E-state index contributed by atoms with van der Waals surface area (Å²) in [6.45, 7) is 4.04. The fraction of sp³-hybridized carbons (Fsp3) is 0.417. The van der Waals surface area contributed by atoms with Crippen LogP contribution in [0.1, 0.15) is 26.9 Å². The van der Waals surface area contributed by atoms with E-state index in [1.54, 1.807) is 31.1 Å². The van der Waals surface area contributed by atoms with Crippen LogP contribution in [0.2, 0.25) is 0 Å². The summed E-state index contributed by atoms with van der Waals surface area (Å²) in [7, 11) is 3.39. The van der Waals surface area contributed by atoms with Crippen LogP contribution < -0.4 is 4.74 Å². The molecule has 2 aromatic heterocycles. The molecule has 0 unspecified atom stereocenters. The summed E-state index contributed by atoms with van der Waals surface area (Å²) in [5, 5.41) is 6.60. The van der Waals surface area contributed by atoms with E-state index in [0.717, 1.165) is 10.7 Å². The first kappa shape index (κ1) is 13.7. The van der Waals surface area contributed by atoms with Gasteiger partial charge in [0.25, 0.3) is 0 Å². The molecule has 0 fully saturated rings. The van der Waals surface area contributed by atoms with Crippen LogP contribution in [0, 0.1) is 13.8 Å². The topological polar surface area (TPSA) is 66.2 Å². The molecule has 0 saturated heterocycles. The highest BCUT2D eigenvalue weighted by Gasteiger charge is 2.18. The minimum Gasteiger partial charge on any atom is -0.418 e. The summed E-state index contributed by atoms with van der Waals surface area (Å²) >= 11 is 1.37. The van der Waals surface area contributed by atoms with E-state index in [1.807, 2.05) is 6.92 Å². The second-order valence-electron chi connectivity index (χ2n) is 4.07. The molecule has 0 spiro atoms. The van der Waals surface area contributed by atoms with E-state index in [-0.39, 0.29) is 0 Å². The Hall–Kier alpha value is -1.73. The van der Waals surface area contributed by atoms with E-state index >= 15 is 0 Å². The summed E-state index contributed by atoms with van der Waals surface area (Å²) in [6.07, 6.45) is 0. The molecule has 0 aromatic carbocycles. The van der Waals surface area contributed by atoms with Gasteiger partial charge < -0.3 is 9.47 Å². The molecular formula is C12H15N3O3S. The lowest BCUT2D eigenvalue weighted by atomic mass is 10.3. The quantitative estimate of drug-likeness (QED) is 0.800. The van der Waals surface area contributed by atoms with Crippen molar-refractivity contribution in [3.63, 3.8) is 0 Å². The average molecular weight is 281 g/mol. The van der Waals surface area contributed by atoms with Crippen LogP contribution in [-0.2, 0) is 18.4 Å². The maximum absolute atomic E-state index is 12.0. The van der Waals surface area contributed by atoms with Crippen molar-refractivity contribution in [1.29, 1.82) is 0 Å². The molecule has 2 aromatic rings. The number of ether oxygens (including phenoxy) is 2. The van der Waals surface area contributed by atoms with E-state index in [1.165, 1.54) is 11.3 Å². The molecule has 102 valence electrons. The van der Waals surface area contributed by atoms with Gasteiger partial charge in [-0.25, -0.2) is 9.78 Å². The minimum atomic E-state index is -0.474. The average Bonchev–Trinajstić information content (AvgIpc) is 2.91. The minimum absolute atomic E-state index is 0.291. The van der Waals surface area contributed by atoms with Crippen molar-refractivity contribution in [3.8, 4) is 5.75 Å². The van der Waals surface area contributed by atoms with E-state index < -0.39 is 5.97 Å². The van der Waals surface area contributed by atoms with Gasteiger partial charge in [-0.15, -0.1) is 11.3 Å². The standard InChI is InChI=1S/C12H15N3O3S/c1-7-11(8(2)15(3)14-7)18-12(16)9-6-19-10(13-9)5-17-4/h6H,5H2,1-4H3. The van der Waals surface area contributed by atoms with Crippen molar-refractivity contribution >= 4 is 17.3 Å². The van der Waals surface area contributed by atoms with Crippen molar-refractivity contribution in [2.75, 3.05) is 7.11 Å². The molecule has 0 aliphatic heterocycles. The third-order valence-corrected chi connectivity index (χ3v) is 3.49. The van der Waals surface area contributed by atoms with Crippen LogP contribution in [0.25, 0.3) is 0 Å². The van der Waals surface area contributed by atoms with Crippen molar-refractivity contribution in [3.05, 3.63) is 27.5 Å². The van der Waals surface area contributed by atoms with Gasteiger partial charge in [0, 0.05) is 19.5 Å². The van der Waals surface area contributed by atoms with Crippen LogP contribution in [-0.4, -0.2) is 27.8 Å². The highest BCUT2D eigenvalue weighted by molar-refractivity contribution is 7.09. The summed E-state index contributed by atoms with van der Waals surface area (Å²) in [5.74, 6) is 0.0200. The zero-order chi connectivity index (χ0) is 14.0.